The summed E-state index contributed by atoms with van der Waals surface area (Å²) in [5, 5.41) is 17.4. The van der Waals surface area contributed by atoms with Crippen molar-refractivity contribution in [3.05, 3.63) is 71.5 Å². The van der Waals surface area contributed by atoms with E-state index < -0.39 is 36.1 Å². The lowest BCUT2D eigenvalue weighted by Gasteiger charge is -2.24. The maximum atomic E-state index is 15.6. The number of pyridine rings is 1. The summed E-state index contributed by atoms with van der Waals surface area (Å²) in [4.78, 5) is 38.8. The highest BCUT2D eigenvalue weighted by atomic mass is 35.5. The molecule has 11 nitrogen and oxygen atoms in total. The minimum Gasteiger partial charge on any atom is -0.373 e. The molecule has 0 radical (unpaired) electrons. The van der Waals surface area contributed by atoms with Crippen molar-refractivity contribution in [2.24, 2.45) is 5.73 Å². The smallest absolute Gasteiger partial charge is 0.247 e. The number of halogens is 3. The van der Waals surface area contributed by atoms with Crippen molar-refractivity contribution in [2.75, 3.05) is 11.9 Å². The van der Waals surface area contributed by atoms with E-state index in [-0.39, 0.29) is 47.0 Å². The average Bonchev–Trinajstić information content (AvgIpc) is 3.68. The molecule has 2 aromatic carbocycles. The van der Waals surface area contributed by atoms with Gasteiger partial charge in [-0.05, 0) is 12.1 Å². The molecule has 210 valence electrons. The van der Waals surface area contributed by atoms with Crippen LogP contribution in [0.15, 0.2) is 55.0 Å². The summed E-state index contributed by atoms with van der Waals surface area (Å²) in [7, 11) is 0. The number of H-pyrrole nitrogens is 1. The second kappa shape index (κ2) is 10.5. The Kier molecular flexibility index (Phi) is 6.85. The van der Waals surface area contributed by atoms with Crippen molar-refractivity contribution in [2.45, 2.75) is 31.4 Å². The van der Waals surface area contributed by atoms with Gasteiger partial charge in [0.05, 0.1) is 29.1 Å². The largest absolute Gasteiger partial charge is 0.373 e. The van der Waals surface area contributed by atoms with E-state index in [1.165, 1.54) is 35.4 Å². The summed E-state index contributed by atoms with van der Waals surface area (Å²) in [6, 6.07) is 10.1. The Balaban J connectivity index is 1.24. The van der Waals surface area contributed by atoms with Gasteiger partial charge < -0.3 is 26.0 Å². The van der Waals surface area contributed by atoms with Gasteiger partial charge in [0.15, 0.2) is 11.5 Å². The van der Waals surface area contributed by atoms with Gasteiger partial charge in [-0.1, -0.05) is 41.9 Å². The van der Waals surface area contributed by atoms with E-state index in [4.69, 9.17) is 17.3 Å². The third-order valence-corrected chi connectivity index (χ3v) is 7.46. The second-order valence-electron chi connectivity index (χ2n) is 9.64. The van der Waals surface area contributed by atoms with Gasteiger partial charge in [0.2, 0.25) is 11.8 Å². The van der Waals surface area contributed by atoms with Crippen LogP contribution in [0.5, 0.6) is 0 Å². The number of aromatic amines is 1. The van der Waals surface area contributed by atoms with Crippen LogP contribution in [-0.4, -0.2) is 65.3 Å². The van der Waals surface area contributed by atoms with Crippen LogP contribution in [0.2, 0.25) is 5.02 Å². The highest BCUT2D eigenvalue weighted by Crippen LogP contribution is 2.35. The molecule has 1 aliphatic rings. The lowest BCUT2D eigenvalue weighted by Crippen LogP contribution is -2.44. The molecule has 0 saturated carbocycles. The number of amides is 2. The molecule has 0 aliphatic carbocycles. The van der Waals surface area contributed by atoms with E-state index in [1.54, 1.807) is 24.3 Å². The van der Waals surface area contributed by atoms with E-state index in [2.05, 4.69) is 25.4 Å². The minimum absolute atomic E-state index is 0.0861. The van der Waals surface area contributed by atoms with Gasteiger partial charge in [0, 0.05) is 29.1 Å². The van der Waals surface area contributed by atoms with E-state index in [9.17, 15) is 19.1 Å². The molecule has 41 heavy (non-hydrogen) atoms. The first-order valence-corrected chi connectivity index (χ1v) is 13.0. The van der Waals surface area contributed by atoms with Crippen LogP contribution in [0.25, 0.3) is 33.2 Å². The predicted octanol–water partition coefficient (Wildman–Crippen LogP) is 3.29. The van der Waals surface area contributed by atoms with Gasteiger partial charge in [0.1, 0.15) is 36.2 Å². The zero-order valence-electron chi connectivity index (χ0n) is 21.3. The SMILES string of the molecule is NC(O)c1nn(CC(=O)N2C[C@H](F)C[C@H]2C(=O)Nc2cccc(-c3cnc4nc[nH]c4c3Cl)c2F)c2ccccc12. The standard InChI is InChI=1S/C27H23ClF2N8O3/c28-21-16(9-32-26-24(21)33-12-34-26)14-5-3-6-17(22(14)30)35-27(41)19-8-13(29)10-37(19)20(39)11-38-18-7-2-1-4-15(18)23(36-38)25(31)40/h1-7,9,12-13,19,25,40H,8,10-11,31H2,(H,35,41)(H,32,33,34)/t13-,19+,25?/m1/s1. The van der Waals surface area contributed by atoms with Crippen LogP contribution in [-0.2, 0) is 16.1 Å². The fourth-order valence-corrected chi connectivity index (χ4v) is 5.41. The number of aliphatic hydroxyl groups is 1. The molecule has 5 aromatic rings. The molecule has 1 saturated heterocycles. The third-order valence-electron chi connectivity index (χ3n) is 7.06. The van der Waals surface area contributed by atoms with Gasteiger partial charge in [-0.3, -0.25) is 14.3 Å². The number of fused-ring (bicyclic) bond motifs is 2. The number of carbonyl (C=O) groups is 2. The monoisotopic (exact) mass is 580 g/mol. The average molecular weight is 581 g/mol. The van der Waals surface area contributed by atoms with Crippen LogP contribution < -0.4 is 11.1 Å². The van der Waals surface area contributed by atoms with Crippen molar-refractivity contribution in [1.82, 2.24) is 29.6 Å². The normalized spacial score (nSPS) is 17.8. The summed E-state index contributed by atoms with van der Waals surface area (Å²) in [6.07, 6.45) is -0.267. The first-order chi connectivity index (χ1) is 19.7. The Morgan fingerprint density at radius 1 is 1.20 bits per heavy atom. The number of nitrogens with zero attached hydrogens (tertiary/aromatic N) is 5. The minimum atomic E-state index is -1.45. The van der Waals surface area contributed by atoms with Crippen molar-refractivity contribution in [3.8, 4) is 11.1 Å². The summed E-state index contributed by atoms with van der Waals surface area (Å²) in [5.41, 5.74) is 7.36. The van der Waals surface area contributed by atoms with Gasteiger partial charge in [-0.15, -0.1) is 0 Å². The number of nitrogens with one attached hydrogen (secondary N) is 2. The van der Waals surface area contributed by atoms with E-state index in [0.29, 0.717) is 22.1 Å². The number of aliphatic hydroxyl groups excluding tert-OH is 1. The zero-order valence-corrected chi connectivity index (χ0v) is 22.0. The van der Waals surface area contributed by atoms with E-state index in [1.807, 2.05) is 0 Å². The molecular weight excluding hydrogens is 558 g/mol. The molecule has 0 bridgehead atoms. The highest BCUT2D eigenvalue weighted by Gasteiger charge is 2.40. The lowest BCUT2D eigenvalue weighted by atomic mass is 10.1. The van der Waals surface area contributed by atoms with Crippen LogP contribution in [0, 0.1) is 5.82 Å². The molecule has 3 atom stereocenters. The Bertz CT molecular complexity index is 1810. The molecule has 14 heteroatoms. The third kappa shape index (κ3) is 4.77. The fourth-order valence-electron chi connectivity index (χ4n) is 5.12. The topological polar surface area (TPSA) is 155 Å². The van der Waals surface area contributed by atoms with Crippen molar-refractivity contribution < 1.29 is 23.5 Å². The molecule has 5 N–H and O–H groups in total. The van der Waals surface area contributed by atoms with Gasteiger partial charge in [-0.25, -0.2) is 18.7 Å². The van der Waals surface area contributed by atoms with Crippen molar-refractivity contribution >= 4 is 51.2 Å². The summed E-state index contributed by atoms with van der Waals surface area (Å²) < 4.78 is 31.5. The Morgan fingerprint density at radius 2 is 2.00 bits per heavy atom. The van der Waals surface area contributed by atoms with Gasteiger partial charge in [0.25, 0.3) is 0 Å². The van der Waals surface area contributed by atoms with Gasteiger partial charge in [-0.2, -0.15) is 5.10 Å². The number of likely N-dealkylation sites (tertiary alicyclic amines) is 1. The fraction of sp³-hybridized carbons (Fsp3) is 0.222. The Hall–Kier alpha value is -4.46. The molecule has 3 aromatic heterocycles. The lowest BCUT2D eigenvalue weighted by molar-refractivity contribution is -0.137. The quantitative estimate of drug-likeness (QED) is 0.225. The Labute approximate surface area is 235 Å². The second-order valence-corrected chi connectivity index (χ2v) is 10.0. The van der Waals surface area contributed by atoms with Crippen LogP contribution in [0.1, 0.15) is 18.3 Å². The number of imidazole rings is 1. The number of hydrogen-bond acceptors (Lipinski definition) is 7. The number of benzene rings is 2. The summed E-state index contributed by atoms with van der Waals surface area (Å²) in [6.45, 7) is -0.633. The molecule has 1 fully saturated rings. The number of anilines is 1. The Morgan fingerprint density at radius 3 is 2.80 bits per heavy atom. The number of para-hydroxylation sites is 1. The first-order valence-electron chi connectivity index (χ1n) is 12.6. The molecule has 1 aliphatic heterocycles. The number of hydrogen-bond donors (Lipinski definition) is 4. The van der Waals surface area contributed by atoms with Crippen molar-refractivity contribution in [1.29, 1.82) is 0 Å². The maximum absolute atomic E-state index is 15.6. The summed E-state index contributed by atoms with van der Waals surface area (Å²) >= 11 is 6.46. The number of carbonyl (C=O) groups excluding carboxylic acids is 2. The number of nitrogens with two attached hydrogens (primary N) is 1. The zero-order chi connectivity index (χ0) is 28.8. The van der Waals surface area contributed by atoms with E-state index >= 15 is 4.39 Å². The number of aromatic nitrogens is 5. The van der Waals surface area contributed by atoms with Gasteiger partial charge >= 0.3 is 0 Å². The predicted molar refractivity (Wildman–Crippen MR) is 147 cm³/mol. The number of alkyl halides is 1. The molecular formula is C27H23ClF2N8O3. The van der Waals surface area contributed by atoms with Crippen LogP contribution in [0.3, 0.4) is 0 Å². The van der Waals surface area contributed by atoms with Crippen LogP contribution in [0.4, 0.5) is 14.5 Å². The molecule has 4 heterocycles. The maximum Gasteiger partial charge on any atom is 0.247 e. The first kappa shape index (κ1) is 26.7. The van der Waals surface area contributed by atoms with Crippen LogP contribution >= 0.6 is 11.6 Å². The molecule has 1 unspecified atom stereocenters. The number of rotatable bonds is 6. The van der Waals surface area contributed by atoms with E-state index in [0.717, 1.165) is 4.90 Å². The highest BCUT2D eigenvalue weighted by molar-refractivity contribution is 6.37. The van der Waals surface area contributed by atoms with Crippen molar-refractivity contribution in [3.63, 3.8) is 0 Å². The molecule has 2 amide bonds. The molecule has 0 spiro atoms. The summed E-state index contributed by atoms with van der Waals surface area (Å²) in [5.74, 6) is -2.09. The molecule has 6 rings (SSSR count).